The minimum atomic E-state index is -1.88. The van der Waals surface area contributed by atoms with Crippen LogP contribution in [0.1, 0.15) is 55.4 Å². The molecule has 1 saturated heterocycles. The molecule has 0 aliphatic carbocycles. The van der Waals surface area contributed by atoms with Crippen LogP contribution in [0.15, 0.2) is 0 Å². The van der Waals surface area contributed by atoms with Crippen LogP contribution in [0.4, 0.5) is 0 Å². The highest BCUT2D eigenvalue weighted by Gasteiger charge is 2.53. The second-order valence-electron chi connectivity index (χ2n) is 9.86. The molecule has 0 aromatic carbocycles. The second kappa shape index (κ2) is 19.0. The molecule has 0 aromatic rings. The Hall–Kier alpha value is -4.83. The first-order valence-corrected chi connectivity index (χ1v) is 13.9. The molecule has 0 aromatic heterocycles. The molecule has 0 bridgehead atoms. The average molecular weight is 676 g/mol. The lowest BCUT2D eigenvalue weighted by atomic mass is 9.98. The smallest absolute Gasteiger partial charge is 0.304 e. The number of ether oxygens (including phenoxy) is 10. The third-order valence-corrected chi connectivity index (χ3v) is 5.70. The molecule has 47 heavy (non-hydrogen) atoms. The van der Waals surface area contributed by atoms with Gasteiger partial charge in [-0.05, 0) is 0 Å². The number of hydrogen-bond acceptors (Lipinski definition) is 19. The van der Waals surface area contributed by atoms with Gasteiger partial charge in [0.25, 0.3) is 0 Å². The maximum absolute atomic E-state index is 12.2. The summed E-state index contributed by atoms with van der Waals surface area (Å²) in [6.07, 6.45) is -15.4. The minimum absolute atomic E-state index is 0.581. The van der Waals surface area contributed by atoms with Crippen LogP contribution in [-0.2, 0) is 85.7 Å². The fourth-order valence-corrected chi connectivity index (χ4v) is 4.31. The van der Waals surface area contributed by atoms with Gasteiger partial charge in [0.15, 0.2) is 42.9 Å². The summed E-state index contributed by atoms with van der Waals surface area (Å²) in [5, 5.41) is 9.68. The zero-order valence-corrected chi connectivity index (χ0v) is 26.9. The summed E-state index contributed by atoms with van der Waals surface area (Å²) in [5.41, 5.74) is 0. The molecule has 1 heterocycles. The average Bonchev–Trinajstić information content (AvgIpc) is 2.92. The largest absolute Gasteiger partial charge is 0.463 e. The molecular weight excluding hydrogens is 638 g/mol. The number of esters is 8. The van der Waals surface area contributed by atoms with Gasteiger partial charge in [-0.15, -0.1) is 0 Å². The fourth-order valence-electron chi connectivity index (χ4n) is 4.31. The Bertz CT molecular complexity index is 1230. The van der Waals surface area contributed by atoms with Gasteiger partial charge < -0.3 is 47.4 Å². The van der Waals surface area contributed by atoms with Crippen molar-refractivity contribution in [3.05, 3.63) is 0 Å². The predicted molar refractivity (Wildman–Crippen MR) is 146 cm³/mol. The first kappa shape index (κ1) is 40.2. The van der Waals surface area contributed by atoms with E-state index in [0.717, 1.165) is 55.4 Å². The maximum Gasteiger partial charge on any atom is 0.304 e. The Kier molecular flexibility index (Phi) is 16.2. The van der Waals surface area contributed by atoms with Gasteiger partial charge in [-0.3, -0.25) is 38.4 Å². The van der Waals surface area contributed by atoms with Crippen molar-refractivity contribution < 1.29 is 85.7 Å². The van der Waals surface area contributed by atoms with Crippen molar-refractivity contribution in [1.82, 2.24) is 0 Å². The third kappa shape index (κ3) is 14.0. The number of rotatable bonds is 15. The number of carbonyl (C=O) groups is 8. The van der Waals surface area contributed by atoms with Crippen LogP contribution in [0, 0.1) is 11.3 Å². The number of nitrogens with zero attached hydrogens (tertiary/aromatic N) is 1. The molecule has 19 nitrogen and oxygen atoms in total. The molecular formula is C28H37NO18. The first-order chi connectivity index (χ1) is 21.9. The topological polar surface area (TPSA) is 253 Å². The Labute approximate surface area is 268 Å². The number of hydrogen-bond donors (Lipinski definition) is 0. The molecule has 1 fully saturated rings. The van der Waals surface area contributed by atoms with Gasteiger partial charge in [0.1, 0.15) is 18.8 Å². The van der Waals surface area contributed by atoms with Crippen LogP contribution in [-0.4, -0.2) is 116 Å². The lowest BCUT2D eigenvalue weighted by molar-refractivity contribution is -0.313. The van der Waals surface area contributed by atoms with Gasteiger partial charge in [-0.25, -0.2) is 0 Å². The van der Waals surface area contributed by atoms with Gasteiger partial charge in [-0.2, -0.15) is 5.26 Å². The normalized spacial score (nSPS) is 22.7. The van der Waals surface area contributed by atoms with Crippen LogP contribution in [0.3, 0.4) is 0 Å². The van der Waals surface area contributed by atoms with Gasteiger partial charge in [-0.1, -0.05) is 0 Å². The summed E-state index contributed by atoms with van der Waals surface area (Å²) < 4.78 is 53.2. The molecule has 0 radical (unpaired) electrons. The summed E-state index contributed by atoms with van der Waals surface area (Å²) in [5.74, 6) is -7.49. The minimum Gasteiger partial charge on any atom is -0.463 e. The molecule has 1 aliphatic rings. The van der Waals surface area contributed by atoms with Crippen molar-refractivity contribution in [1.29, 1.82) is 5.26 Å². The van der Waals surface area contributed by atoms with E-state index >= 15 is 0 Å². The zero-order valence-electron chi connectivity index (χ0n) is 26.9. The third-order valence-electron chi connectivity index (χ3n) is 5.70. The van der Waals surface area contributed by atoms with Crippen molar-refractivity contribution >= 4 is 47.8 Å². The van der Waals surface area contributed by atoms with Gasteiger partial charge in [0.2, 0.25) is 6.10 Å². The van der Waals surface area contributed by atoms with E-state index in [0.29, 0.717) is 0 Å². The van der Waals surface area contributed by atoms with E-state index in [1.165, 1.54) is 0 Å². The van der Waals surface area contributed by atoms with Gasteiger partial charge >= 0.3 is 47.8 Å². The van der Waals surface area contributed by atoms with E-state index in [2.05, 4.69) is 0 Å². The van der Waals surface area contributed by atoms with Crippen molar-refractivity contribution in [2.45, 2.75) is 111 Å². The molecule has 0 unspecified atom stereocenters. The molecule has 0 amide bonds. The van der Waals surface area contributed by atoms with E-state index in [4.69, 9.17) is 47.4 Å². The van der Waals surface area contributed by atoms with E-state index in [9.17, 15) is 43.6 Å². The van der Waals surface area contributed by atoms with Crippen molar-refractivity contribution in [3.8, 4) is 6.07 Å². The zero-order chi connectivity index (χ0) is 36.0. The highest BCUT2D eigenvalue weighted by molar-refractivity contribution is 5.70. The monoisotopic (exact) mass is 675 g/mol. The molecule has 0 spiro atoms. The van der Waals surface area contributed by atoms with Crippen LogP contribution in [0.25, 0.3) is 0 Å². The van der Waals surface area contributed by atoms with Gasteiger partial charge in [0.05, 0.1) is 6.61 Å². The molecule has 19 heteroatoms. The molecule has 1 aliphatic heterocycles. The quantitative estimate of drug-likeness (QED) is 0.154. The van der Waals surface area contributed by atoms with E-state index < -0.39 is 116 Å². The molecule has 262 valence electrons. The Balaban J connectivity index is 3.70. The molecule has 0 N–H and O–H groups in total. The van der Waals surface area contributed by atoms with Crippen molar-refractivity contribution in [3.63, 3.8) is 0 Å². The van der Waals surface area contributed by atoms with E-state index in [-0.39, 0.29) is 0 Å². The first-order valence-electron chi connectivity index (χ1n) is 13.9. The lowest BCUT2D eigenvalue weighted by Crippen LogP contribution is -2.63. The summed E-state index contributed by atoms with van der Waals surface area (Å²) in [6, 6.07) is 1.60. The van der Waals surface area contributed by atoms with Crippen LogP contribution >= 0.6 is 0 Å². The standard InChI is InChI=1S/C28H37NO18/c1-12(30)38-10-22-25(44-17(6)35)26(45-18(7)36)27(46-19(8)37)28(47-22)39-11-21(41-14(3)32)24(43-16(5)34)23(42-15(4)33)20(9-29)40-13(2)31/h20-28H,10-11H2,1-8H3/t20-,21+,22-,23-,24+,25-,26+,27+,28-/m1/s1. The summed E-state index contributed by atoms with van der Waals surface area (Å²) >= 11 is 0. The Morgan fingerprint density at radius 2 is 1.06 bits per heavy atom. The van der Waals surface area contributed by atoms with Crippen LogP contribution in [0.2, 0.25) is 0 Å². The lowest BCUT2D eigenvalue weighted by Gasteiger charge is -2.44. The second-order valence-corrected chi connectivity index (χ2v) is 9.86. The predicted octanol–water partition coefficient (Wildman–Crippen LogP) is -0.664. The van der Waals surface area contributed by atoms with E-state index in [1.807, 2.05) is 0 Å². The summed E-state index contributed by atoms with van der Waals surface area (Å²) in [6.45, 7) is 6.47. The van der Waals surface area contributed by atoms with Crippen molar-refractivity contribution in [2.75, 3.05) is 13.2 Å². The fraction of sp³-hybridized carbons (Fsp3) is 0.679. The maximum atomic E-state index is 12.2. The summed E-state index contributed by atoms with van der Waals surface area (Å²) in [4.78, 5) is 95.7. The molecule has 9 atom stereocenters. The highest BCUT2D eigenvalue weighted by atomic mass is 16.7. The van der Waals surface area contributed by atoms with Crippen LogP contribution < -0.4 is 0 Å². The molecule has 1 rings (SSSR count). The Morgan fingerprint density at radius 1 is 0.596 bits per heavy atom. The SMILES string of the molecule is CC(=O)OC[C@H]1O[C@@H](OC[C@H](OC(C)=O)[C@H](OC(C)=O)[C@H](OC(C)=O)[C@@H](C#N)OC(C)=O)[C@@H](OC(C)=O)[C@@H](OC(C)=O)[C@@H]1OC(C)=O. The van der Waals surface area contributed by atoms with E-state index in [1.54, 1.807) is 6.07 Å². The highest BCUT2D eigenvalue weighted by Crippen LogP contribution is 2.31. The summed E-state index contributed by atoms with van der Waals surface area (Å²) in [7, 11) is 0. The number of nitriles is 1. The van der Waals surface area contributed by atoms with Gasteiger partial charge in [0, 0.05) is 55.4 Å². The van der Waals surface area contributed by atoms with Crippen molar-refractivity contribution in [2.24, 2.45) is 0 Å². The number of carbonyl (C=O) groups excluding carboxylic acids is 8. The Morgan fingerprint density at radius 3 is 1.51 bits per heavy atom. The molecule has 0 saturated carbocycles. The van der Waals surface area contributed by atoms with Crippen LogP contribution in [0.5, 0.6) is 0 Å².